The summed E-state index contributed by atoms with van der Waals surface area (Å²) < 4.78 is 0. The summed E-state index contributed by atoms with van der Waals surface area (Å²) in [5.74, 6) is 0.915. The number of rotatable bonds is 2. The largest absolute Gasteiger partial charge is 0.328 e. The molecule has 1 saturated carbocycles. The Labute approximate surface area is 75.1 Å². The molecule has 0 radical (unpaired) electrons. The zero-order chi connectivity index (χ0) is 8.39. The Morgan fingerprint density at radius 2 is 1.92 bits per heavy atom. The van der Waals surface area contributed by atoms with E-state index in [1.807, 2.05) is 0 Å². The molecule has 2 fully saturated rings. The Kier molecular flexibility index (Phi) is 2.66. The third-order valence-electron chi connectivity index (χ3n) is 3.30. The summed E-state index contributed by atoms with van der Waals surface area (Å²) in [4.78, 5) is 2.61. The van der Waals surface area contributed by atoms with Gasteiger partial charge in [-0.3, -0.25) is 0 Å². The van der Waals surface area contributed by atoms with Crippen molar-refractivity contribution < 1.29 is 0 Å². The maximum absolute atomic E-state index is 5.88. The number of nitrogens with zero attached hydrogens (tertiary/aromatic N) is 1. The second kappa shape index (κ2) is 3.75. The van der Waals surface area contributed by atoms with Gasteiger partial charge >= 0.3 is 0 Å². The van der Waals surface area contributed by atoms with Crippen LogP contribution in [0.2, 0.25) is 0 Å². The van der Waals surface area contributed by atoms with Gasteiger partial charge in [-0.1, -0.05) is 0 Å². The Morgan fingerprint density at radius 1 is 1.17 bits per heavy atom. The molecule has 0 spiro atoms. The van der Waals surface area contributed by atoms with Crippen LogP contribution in [0.5, 0.6) is 0 Å². The Morgan fingerprint density at radius 3 is 2.50 bits per heavy atom. The third-order valence-corrected chi connectivity index (χ3v) is 3.30. The van der Waals surface area contributed by atoms with Crippen LogP contribution < -0.4 is 5.73 Å². The maximum Gasteiger partial charge on any atom is 0.00420 e. The molecule has 1 heterocycles. The summed E-state index contributed by atoms with van der Waals surface area (Å²) in [5.41, 5.74) is 5.88. The molecule has 0 unspecified atom stereocenters. The number of hydrogen-bond acceptors (Lipinski definition) is 2. The topological polar surface area (TPSA) is 29.3 Å². The molecular weight excluding hydrogens is 148 g/mol. The quantitative estimate of drug-likeness (QED) is 0.671. The van der Waals surface area contributed by atoms with Crippen LogP contribution in [0, 0.1) is 5.92 Å². The zero-order valence-electron chi connectivity index (χ0n) is 7.84. The minimum atomic E-state index is 0.512. The van der Waals surface area contributed by atoms with Gasteiger partial charge in [0.2, 0.25) is 0 Å². The first kappa shape index (κ1) is 8.52. The lowest BCUT2D eigenvalue weighted by molar-refractivity contribution is 0.279. The van der Waals surface area contributed by atoms with E-state index in [2.05, 4.69) is 4.90 Å². The predicted octanol–water partition coefficient (Wildman–Crippen LogP) is 1.21. The van der Waals surface area contributed by atoms with Gasteiger partial charge in [0.05, 0.1) is 0 Å². The minimum Gasteiger partial charge on any atom is -0.328 e. The average Bonchev–Trinajstić information content (AvgIpc) is 2.63. The van der Waals surface area contributed by atoms with E-state index in [1.165, 1.54) is 51.7 Å². The summed E-state index contributed by atoms with van der Waals surface area (Å²) in [7, 11) is 0. The highest BCUT2D eigenvalue weighted by molar-refractivity contribution is 4.81. The van der Waals surface area contributed by atoms with Gasteiger partial charge in [-0.2, -0.15) is 0 Å². The maximum atomic E-state index is 5.88. The first-order valence-corrected chi connectivity index (χ1v) is 5.32. The molecule has 2 nitrogen and oxygen atoms in total. The smallest absolute Gasteiger partial charge is 0.00420 e. The highest BCUT2D eigenvalue weighted by atomic mass is 15.1. The summed E-state index contributed by atoms with van der Waals surface area (Å²) in [5, 5.41) is 0. The summed E-state index contributed by atoms with van der Waals surface area (Å²) in [6, 6.07) is 0.512. The lowest BCUT2D eigenvalue weighted by atomic mass is 10.1. The van der Waals surface area contributed by atoms with E-state index in [0.717, 1.165) is 5.92 Å². The van der Waals surface area contributed by atoms with E-state index in [1.54, 1.807) is 0 Å². The van der Waals surface area contributed by atoms with Crippen LogP contribution >= 0.6 is 0 Å². The van der Waals surface area contributed by atoms with Crippen molar-refractivity contribution in [3.05, 3.63) is 0 Å². The Bertz CT molecular complexity index is 141. The van der Waals surface area contributed by atoms with Gasteiger partial charge in [0.25, 0.3) is 0 Å². The van der Waals surface area contributed by atoms with Crippen molar-refractivity contribution in [1.82, 2.24) is 4.90 Å². The average molecular weight is 168 g/mol. The minimum absolute atomic E-state index is 0.512. The normalized spacial score (nSPS) is 37.8. The highest BCUT2D eigenvalue weighted by Crippen LogP contribution is 2.25. The molecule has 2 aliphatic rings. The van der Waals surface area contributed by atoms with Crippen molar-refractivity contribution in [3.8, 4) is 0 Å². The zero-order valence-corrected chi connectivity index (χ0v) is 7.84. The molecule has 0 bridgehead atoms. The highest BCUT2D eigenvalue weighted by Gasteiger charge is 2.24. The lowest BCUT2D eigenvalue weighted by Gasteiger charge is -2.19. The lowest BCUT2D eigenvalue weighted by Crippen LogP contribution is -2.26. The first-order valence-electron chi connectivity index (χ1n) is 5.32. The molecule has 2 rings (SSSR count). The van der Waals surface area contributed by atoms with Crippen LogP contribution in [0.1, 0.15) is 32.1 Å². The van der Waals surface area contributed by atoms with Crippen molar-refractivity contribution in [3.63, 3.8) is 0 Å². The molecule has 0 amide bonds. The van der Waals surface area contributed by atoms with E-state index >= 15 is 0 Å². The van der Waals surface area contributed by atoms with Crippen LogP contribution in [0.15, 0.2) is 0 Å². The molecule has 12 heavy (non-hydrogen) atoms. The third kappa shape index (κ3) is 1.99. The van der Waals surface area contributed by atoms with Gasteiger partial charge in [-0.15, -0.1) is 0 Å². The van der Waals surface area contributed by atoms with Gasteiger partial charge in [0.15, 0.2) is 0 Å². The van der Waals surface area contributed by atoms with Crippen molar-refractivity contribution >= 4 is 0 Å². The van der Waals surface area contributed by atoms with E-state index in [4.69, 9.17) is 5.73 Å². The Hall–Kier alpha value is -0.0800. The first-order chi connectivity index (χ1) is 5.84. The fraction of sp³-hybridized carbons (Fsp3) is 1.00. The van der Waals surface area contributed by atoms with E-state index < -0.39 is 0 Å². The molecule has 1 aliphatic heterocycles. The van der Waals surface area contributed by atoms with Crippen molar-refractivity contribution in [2.24, 2.45) is 11.7 Å². The van der Waals surface area contributed by atoms with E-state index in [-0.39, 0.29) is 0 Å². The van der Waals surface area contributed by atoms with Gasteiger partial charge < -0.3 is 10.6 Å². The Balaban J connectivity index is 1.72. The summed E-state index contributed by atoms with van der Waals surface area (Å²) in [6.07, 6.45) is 6.74. The van der Waals surface area contributed by atoms with Crippen molar-refractivity contribution in [2.75, 3.05) is 19.6 Å². The molecule has 2 N–H and O–H groups in total. The van der Waals surface area contributed by atoms with Gasteiger partial charge in [0, 0.05) is 12.6 Å². The monoisotopic (exact) mass is 168 g/mol. The molecule has 0 aromatic heterocycles. The molecule has 70 valence electrons. The van der Waals surface area contributed by atoms with Crippen LogP contribution in [0.25, 0.3) is 0 Å². The van der Waals surface area contributed by atoms with Gasteiger partial charge in [0.1, 0.15) is 0 Å². The van der Waals surface area contributed by atoms with Crippen molar-refractivity contribution in [1.29, 1.82) is 0 Å². The van der Waals surface area contributed by atoms with Crippen LogP contribution in [0.4, 0.5) is 0 Å². The molecule has 2 heteroatoms. The number of likely N-dealkylation sites (tertiary alicyclic amines) is 1. The van der Waals surface area contributed by atoms with Crippen LogP contribution in [0.3, 0.4) is 0 Å². The van der Waals surface area contributed by atoms with E-state index in [9.17, 15) is 0 Å². The van der Waals surface area contributed by atoms with Gasteiger partial charge in [-0.25, -0.2) is 0 Å². The number of nitrogens with two attached hydrogens (primary N) is 1. The fourth-order valence-electron chi connectivity index (χ4n) is 2.61. The molecule has 0 aromatic rings. The molecule has 1 saturated heterocycles. The van der Waals surface area contributed by atoms with Crippen LogP contribution in [-0.4, -0.2) is 30.6 Å². The second-order valence-electron chi connectivity index (χ2n) is 4.45. The second-order valence-corrected chi connectivity index (χ2v) is 4.45. The molecule has 0 aromatic carbocycles. The van der Waals surface area contributed by atoms with Crippen LogP contribution in [-0.2, 0) is 0 Å². The fourth-order valence-corrected chi connectivity index (χ4v) is 2.61. The predicted molar refractivity (Wildman–Crippen MR) is 51.0 cm³/mol. The van der Waals surface area contributed by atoms with Crippen molar-refractivity contribution in [2.45, 2.75) is 38.1 Å². The molecular formula is C10H20N2. The van der Waals surface area contributed by atoms with Gasteiger partial charge in [-0.05, 0) is 51.1 Å². The standard InChI is InChI=1S/C10H20N2/c11-10-4-3-9(7-10)8-12-5-1-2-6-12/h9-10H,1-8,11H2/t9-,10+/m1/s1. The number of hydrogen-bond donors (Lipinski definition) is 1. The molecule has 1 aliphatic carbocycles. The molecule has 2 atom stereocenters. The summed E-state index contributed by atoms with van der Waals surface area (Å²) >= 11 is 0. The SMILES string of the molecule is N[C@H]1CC[C@@H](CN2CCCC2)C1. The van der Waals surface area contributed by atoms with E-state index in [0.29, 0.717) is 6.04 Å². The summed E-state index contributed by atoms with van der Waals surface area (Å²) in [6.45, 7) is 4.01.